The molecular weight excluding hydrogens is 362 g/mol. The van der Waals surface area contributed by atoms with Crippen LogP contribution in [0.5, 0.6) is 0 Å². The van der Waals surface area contributed by atoms with Crippen LogP contribution in [-0.2, 0) is 16.6 Å². The molecule has 0 aliphatic carbocycles. The first-order valence-electron chi connectivity index (χ1n) is 8.78. The molecule has 2 aromatic carbocycles. The Morgan fingerprint density at radius 1 is 1.11 bits per heavy atom. The molecule has 0 saturated heterocycles. The number of nitrogens with one attached hydrogen (secondary N) is 2. The summed E-state index contributed by atoms with van der Waals surface area (Å²) in [5.74, 6) is -0.0961. The zero-order valence-corrected chi connectivity index (χ0v) is 17.2. The second kappa shape index (κ2) is 8.54. The van der Waals surface area contributed by atoms with Crippen molar-refractivity contribution in [3.8, 4) is 0 Å². The van der Waals surface area contributed by atoms with E-state index in [2.05, 4.69) is 10.6 Å². The van der Waals surface area contributed by atoms with E-state index in [-0.39, 0.29) is 16.8 Å². The van der Waals surface area contributed by atoms with Gasteiger partial charge in [-0.05, 0) is 62.2 Å². The first-order chi connectivity index (χ1) is 12.6. The highest BCUT2D eigenvalue weighted by Crippen LogP contribution is 2.19. The van der Waals surface area contributed by atoms with E-state index in [0.29, 0.717) is 12.1 Å². The number of aryl methyl sites for hydroxylation is 1. The van der Waals surface area contributed by atoms with Crippen molar-refractivity contribution in [1.29, 1.82) is 0 Å². The highest BCUT2D eigenvalue weighted by atomic mass is 32.2. The van der Waals surface area contributed by atoms with Gasteiger partial charge in [0.1, 0.15) is 0 Å². The van der Waals surface area contributed by atoms with Gasteiger partial charge in [0.25, 0.3) is 5.91 Å². The molecule has 7 heteroatoms. The summed E-state index contributed by atoms with van der Waals surface area (Å²) in [4.78, 5) is 12.4. The standard InChI is InChI=1S/C20H27N3O3S/c1-14(2)22-20(24)17-9-10-19(15(3)11-17)21-13-16-7-6-8-18(12-16)27(25,26)23(4)5/h6-12,14,21H,13H2,1-5H3,(H,22,24). The van der Waals surface area contributed by atoms with Crippen molar-refractivity contribution >= 4 is 21.6 Å². The van der Waals surface area contributed by atoms with Crippen LogP contribution in [0.1, 0.15) is 35.3 Å². The number of anilines is 1. The lowest BCUT2D eigenvalue weighted by Gasteiger charge is -2.14. The molecule has 0 atom stereocenters. The van der Waals surface area contributed by atoms with E-state index >= 15 is 0 Å². The quantitative estimate of drug-likeness (QED) is 0.763. The van der Waals surface area contributed by atoms with Crippen molar-refractivity contribution in [2.24, 2.45) is 0 Å². The third-order valence-corrected chi connectivity index (χ3v) is 5.88. The van der Waals surface area contributed by atoms with Crippen LogP contribution in [0, 0.1) is 6.92 Å². The van der Waals surface area contributed by atoms with Crippen molar-refractivity contribution < 1.29 is 13.2 Å². The summed E-state index contributed by atoms with van der Waals surface area (Å²) in [5, 5.41) is 6.18. The molecular formula is C20H27N3O3S. The minimum absolute atomic E-state index is 0.0846. The molecule has 0 radical (unpaired) electrons. The molecule has 2 aromatic rings. The van der Waals surface area contributed by atoms with Crippen molar-refractivity contribution in [2.45, 2.75) is 38.3 Å². The number of carbonyl (C=O) groups excluding carboxylic acids is 1. The van der Waals surface area contributed by atoms with Gasteiger partial charge < -0.3 is 10.6 Å². The minimum atomic E-state index is -3.45. The normalized spacial score (nSPS) is 11.7. The lowest BCUT2D eigenvalue weighted by molar-refractivity contribution is 0.0943. The van der Waals surface area contributed by atoms with Crippen LogP contribution < -0.4 is 10.6 Å². The van der Waals surface area contributed by atoms with Crippen molar-refractivity contribution in [2.75, 3.05) is 19.4 Å². The van der Waals surface area contributed by atoms with E-state index in [9.17, 15) is 13.2 Å². The average molecular weight is 390 g/mol. The van der Waals surface area contributed by atoms with Crippen molar-refractivity contribution in [3.05, 3.63) is 59.2 Å². The average Bonchev–Trinajstić information content (AvgIpc) is 2.60. The Morgan fingerprint density at radius 3 is 2.41 bits per heavy atom. The van der Waals surface area contributed by atoms with Gasteiger partial charge in [-0.25, -0.2) is 12.7 Å². The Morgan fingerprint density at radius 2 is 1.81 bits per heavy atom. The molecule has 0 aliphatic heterocycles. The maximum absolute atomic E-state index is 12.3. The monoisotopic (exact) mass is 389 g/mol. The second-order valence-corrected chi connectivity index (χ2v) is 9.10. The topological polar surface area (TPSA) is 78.5 Å². The molecule has 6 nitrogen and oxygen atoms in total. The number of nitrogens with zero attached hydrogens (tertiary/aromatic N) is 1. The molecule has 0 unspecified atom stereocenters. The van der Waals surface area contributed by atoms with Gasteiger partial charge in [-0.15, -0.1) is 0 Å². The van der Waals surface area contributed by atoms with E-state index in [1.807, 2.05) is 39.0 Å². The Labute approximate surface area is 161 Å². The first-order valence-corrected chi connectivity index (χ1v) is 10.2. The Bertz CT molecular complexity index is 922. The molecule has 0 heterocycles. The van der Waals surface area contributed by atoms with Crippen molar-refractivity contribution in [1.82, 2.24) is 9.62 Å². The molecule has 0 aromatic heterocycles. The highest BCUT2D eigenvalue weighted by molar-refractivity contribution is 7.89. The SMILES string of the molecule is Cc1cc(C(=O)NC(C)C)ccc1NCc1cccc(S(=O)(=O)N(C)C)c1. The van der Waals surface area contributed by atoms with Crippen LogP contribution in [0.25, 0.3) is 0 Å². The molecule has 0 fully saturated rings. The Hall–Kier alpha value is -2.38. The predicted molar refractivity (Wildman–Crippen MR) is 108 cm³/mol. The molecule has 0 aliphatic rings. The number of rotatable bonds is 7. The second-order valence-electron chi connectivity index (χ2n) is 6.95. The molecule has 2 N–H and O–H groups in total. The number of sulfonamides is 1. The van der Waals surface area contributed by atoms with Gasteiger partial charge >= 0.3 is 0 Å². The smallest absolute Gasteiger partial charge is 0.251 e. The lowest BCUT2D eigenvalue weighted by Crippen LogP contribution is -2.30. The maximum Gasteiger partial charge on any atom is 0.251 e. The van der Waals surface area contributed by atoms with Gasteiger partial charge in [-0.2, -0.15) is 0 Å². The molecule has 0 saturated carbocycles. The fourth-order valence-electron chi connectivity index (χ4n) is 2.57. The molecule has 146 valence electrons. The number of hydrogen-bond donors (Lipinski definition) is 2. The van der Waals surface area contributed by atoms with Crippen LogP contribution in [0.15, 0.2) is 47.4 Å². The Balaban J connectivity index is 2.12. The summed E-state index contributed by atoms with van der Waals surface area (Å²) < 4.78 is 25.7. The third-order valence-electron chi connectivity index (χ3n) is 4.07. The molecule has 0 spiro atoms. The summed E-state index contributed by atoms with van der Waals surface area (Å²) in [6, 6.07) is 12.4. The largest absolute Gasteiger partial charge is 0.381 e. The van der Waals surface area contributed by atoms with E-state index in [0.717, 1.165) is 16.8 Å². The summed E-state index contributed by atoms with van der Waals surface area (Å²) in [7, 11) is -0.426. The number of amides is 1. The number of hydrogen-bond acceptors (Lipinski definition) is 4. The number of carbonyl (C=O) groups is 1. The molecule has 2 rings (SSSR count). The van der Waals surface area contributed by atoms with Crippen LogP contribution in [0.4, 0.5) is 5.69 Å². The van der Waals surface area contributed by atoms with Crippen LogP contribution in [-0.4, -0.2) is 38.8 Å². The van der Waals surface area contributed by atoms with Gasteiger partial charge in [-0.1, -0.05) is 12.1 Å². The molecule has 1 amide bonds. The minimum Gasteiger partial charge on any atom is -0.381 e. The lowest BCUT2D eigenvalue weighted by atomic mass is 10.1. The summed E-state index contributed by atoms with van der Waals surface area (Å²) in [6.45, 7) is 6.26. The van der Waals surface area contributed by atoms with Crippen LogP contribution >= 0.6 is 0 Å². The fourth-order valence-corrected chi connectivity index (χ4v) is 3.55. The summed E-state index contributed by atoms with van der Waals surface area (Å²) >= 11 is 0. The summed E-state index contributed by atoms with van der Waals surface area (Å²) in [5.41, 5.74) is 3.32. The predicted octanol–water partition coefficient (Wildman–Crippen LogP) is 3.00. The van der Waals surface area contributed by atoms with Gasteiger partial charge in [-0.3, -0.25) is 4.79 Å². The van der Waals surface area contributed by atoms with Crippen molar-refractivity contribution in [3.63, 3.8) is 0 Å². The number of benzene rings is 2. The van der Waals surface area contributed by atoms with Crippen LogP contribution in [0.3, 0.4) is 0 Å². The third kappa shape index (κ3) is 5.30. The highest BCUT2D eigenvalue weighted by Gasteiger charge is 2.17. The maximum atomic E-state index is 12.3. The van der Waals surface area contributed by atoms with E-state index in [1.54, 1.807) is 24.3 Å². The van der Waals surface area contributed by atoms with E-state index in [4.69, 9.17) is 0 Å². The first kappa shape index (κ1) is 20.9. The zero-order valence-electron chi connectivity index (χ0n) is 16.4. The van der Waals surface area contributed by atoms with Crippen LogP contribution in [0.2, 0.25) is 0 Å². The zero-order chi connectivity index (χ0) is 20.2. The van der Waals surface area contributed by atoms with E-state index < -0.39 is 10.0 Å². The molecule has 0 bridgehead atoms. The van der Waals surface area contributed by atoms with E-state index in [1.165, 1.54) is 18.4 Å². The Kier molecular flexibility index (Phi) is 6.62. The fraction of sp³-hybridized carbons (Fsp3) is 0.350. The van der Waals surface area contributed by atoms with Gasteiger partial charge in [0.15, 0.2) is 0 Å². The summed E-state index contributed by atoms with van der Waals surface area (Å²) in [6.07, 6.45) is 0. The van der Waals surface area contributed by atoms with Gasteiger partial charge in [0.2, 0.25) is 10.0 Å². The van der Waals surface area contributed by atoms with Gasteiger partial charge in [0, 0.05) is 37.9 Å². The van der Waals surface area contributed by atoms with Gasteiger partial charge in [0.05, 0.1) is 4.90 Å². The molecule has 27 heavy (non-hydrogen) atoms.